The van der Waals surface area contributed by atoms with Crippen LogP contribution in [0.15, 0.2) is 66.3 Å². The Labute approximate surface area is 169 Å². The molecular formula is C19H16FN5O3S. The Morgan fingerprint density at radius 1 is 1.28 bits per heavy atom. The lowest BCUT2D eigenvalue weighted by molar-refractivity contribution is -0.384. The lowest BCUT2D eigenvalue weighted by atomic mass is 10.2. The standard InChI is InChI=1S/C19H16FN5O3S/c1-2-10-24-18(13-6-8-14(20)9-7-13)22-23-19(24)29-12-17(26)21-15-4-3-5-16(11-15)25(27)28/h2-9,11H,1,10,12H2,(H,21,26). The van der Waals surface area contributed by atoms with E-state index >= 15 is 0 Å². The largest absolute Gasteiger partial charge is 0.325 e. The fourth-order valence-electron chi connectivity index (χ4n) is 2.53. The number of aromatic nitrogens is 3. The third-order valence-electron chi connectivity index (χ3n) is 3.80. The minimum Gasteiger partial charge on any atom is -0.325 e. The number of thioether (sulfide) groups is 1. The fourth-order valence-corrected chi connectivity index (χ4v) is 3.27. The molecular weight excluding hydrogens is 397 g/mol. The summed E-state index contributed by atoms with van der Waals surface area (Å²) in [5, 5.41) is 22.2. The van der Waals surface area contributed by atoms with E-state index in [0.29, 0.717) is 28.8 Å². The smallest absolute Gasteiger partial charge is 0.271 e. The van der Waals surface area contributed by atoms with Gasteiger partial charge >= 0.3 is 0 Å². The summed E-state index contributed by atoms with van der Waals surface area (Å²) in [4.78, 5) is 22.5. The first-order valence-electron chi connectivity index (χ1n) is 8.45. The van der Waals surface area contributed by atoms with Gasteiger partial charge in [0.1, 0.15) is 5.82 Å². The highest BCUT2D eigenvalue weighted by Gasteiger charge is 2.15. The van der Waals surface area contributed by atoms with Gasteiger partial charge in [-0.3, -0.25) is 19.5 Å². The molecule has 3 aromatic rings. The van der Waals surface area contributed by atoms with Gasteiger partial charge in [-0.05, 0) is 30.3 Å². The van der Waals surface area contributed by atoms with E-state index < -0.39 is 4.92 Å². The van der Waals surface area contributed by atoms with E-state index in [-0.39, 0.29) is 23.2 Å². The quantitative estimate of drug-likeness (QED) is 0.260. The van der Waals surface area contributed by atoms with Crippen molar-refractivity contribution in [1.82, 2.24) is 14.8 Å². The second-order valence-electron chi connectivity index (χ2n) is 5.86. The van der Waals surface area contributed by atoms with Crippen molar-refractivity contribution < 1.29 is 14.1 Å². The molecule has 1 heterocycles. The summed E-state index contributed by atoms with van der Waals surface area (Å²) >= 11 is 1.17. The summed E-state index contributed by atoms with van der Waals surface area (Å²) in [7, 11) is 0. The Morgan fingerprint density at radius 3 is 2.72 bits per heavy atom. The van der Waals surface area contributed by atoms with E-state index in [2.05, 4.69) is 22.1 Å². The number of carbonyl (C=O) groups is 1. The normalized spacial score (nSPS) is 10.5. The first kappa shape index (κ1) is 20.2. The van der Waals surface area contributed by atoms with Gasteiger partial charge in [0, 0.05) is 29.9 Å². The number of hydrogen-bond acceptors (Lipinski definition) is 6. The van der Waals surface area contributed by atoms with Gasteiger partial charge in [0.2, 0.25) is 5.91 Å². The van der Waals surface area contributed by atoms with Gasteiger partial charge in [0.05, 0.1) is 10.7 Å². The van der Waals surface area contributed by atoms with Gasteiger partial charge in [-0.25, -0.2) is 4.39 Å². The van der Waals surface area contributed by atoms with Crippen LogP contribution in [-0.4, -0.2) is 31.3 Å². The van der Waals surface area contributed by atoms with Crippen LogP contribution in [0, 0.1) is 15.9 Å². The number of carbonyl (C=O) groups excluding carboxylic acids is 1. The molecule has 1 N–H and O–H groups in total. The number of nitro groups is 1. The summed E-state index contributed by atoms with van der Waals surface area (Å²) in [5.41, 5.74) is 0.920. The summed E-state index contributed by atoms with van der Waals surface area (Å²) < 4.78 is 14.9. The molecule has 0 saturated heterocycles. The van der Waals surface area contributed by atoms with Crippen molar-refractivity contribution in [2.75, 3.05) is 11.1 Å². The molecule has 0 atom stereocenters. The molecule has 0 bridgehead atoms. The van der Waals surface area contributed by atoms with Crippen LogP contribution in [0.3, 0.4) is 0 Å². The van der Waals surface area contributed by atoms with Crippen molar-refractivity contribution in [2.24, 2.45) is 0 Å². The SMILES string of the molecule is C=CCn1c(SCC(=O)Nc2cccc([N+](=O)[O-])c2)nnc1-c1ccc(F)cc1. The van der Waals surface area contributed by atoms with Crippen LogP contribution in [0.25, 0.3) is 11.4 Å². The molecule has 0 aliphatic heterocycles. The first-order chi connectivity index (χ1) is 14.0. The third-order valence-corrected chi connectivity index (χ3v) is 4.77. The Morgan fingerprint density at radius 2 is 2.03 bits per heavy atom. The Hall–Kier alpha value is -3.53. The molecule has 0 radical (unpaired) electrons. The van der Waals surface area contributed by atoms with E-state index in [4.69, 9.17) is 0 Å². The highest BCUT2D eigenvalue weighted by atomic mass is 32.2. The molecule has 8 nitrogen and oxygen atoms in total. The number of non-ortho nitro benzene ring substituents is 1. The summed E-state index contributed by atoms with van der Waals surface area (Å²) in [6, 6.07) is 11.6. The van der Waals surface area contributed by atoms with Gasteiger partial charge in [0.15, 0.2) is 11.0 Å². The summed E-state index contributed by atoms with van der Waals surface area (Å²) in [6.45, 7) is 4.13. The van der Waals surface area contributed by atoms with E-state index in [1.807, 2.05) is 0 Å². The van der Waals surface area contributed by atoms with Crippen LogP contribution in [-0.2, 0) is 11.3 Å². The van der Waals surface area contributed by atoms with Crippen molar-refractivity contribution in [3.63, 3.8) is 0 Å². The number of allylic oxidation sites excluding steroid dienone is 1. The van der Waals surface area contributed by atoms with Crippen LogP contribution >= 0.6 is 11.8 Å². The highest BCUT2D eigenvalue weighted by molar-refractivity contribution is 7.99. The zero-order chi connectivity index (χ0) is 20.8. The van der Waals surface area contributed by atoms with Gasteiger partial charge in [-0.2, -0.15) is 0 Å². The predicted molar refractivity (Wildman–Crippen MR) is 108 cm³/mol. The summed E-state index contributed by atoms with van der Waals surface area (Å²) in [6.07, 6.45) is 1.67. The summed E-state index contributed by atoms with van der Waals surface area (Å²) in [5.74, 6) is -0.129. The molecule has 0 spiro atoms. The van der Waals surface area contributed by atoms with E-state index in [9.17, 15) is 19.3 Å². The molecule has 0 aliphatic carbocycles. The Balaban J connectivity index is 1.70. The van der Waals surface area contributed by atoms with Gasteiger partial charge in [-0.1, -0.05) is 23.9 Å². The average Bonchev–Trinajstić information content (AvgIpc) is 3.10. The maximum Gasteiger partial charge on any atom is 0.271 e. The van der Waals surface area contributed by atoms with Gasteiger partial charge < -0.3 is 5.32 Å². The second-order valence-corrected chi connectivity index (χ2v) is 6.80. The van der Waals surface area contributed by atoms with Crippen LogP contribution in [0.1, 0.15) is 0 Å². The molecule has 29 heavy (non-hydrogen) atoms. The number of amides is 1. The number of anilines is 1. The number of rotatable bonds is 8. The molecule has 0 aliphatic rings. The zero-order valence-corrected chi connectivity index (χ0v) is 15.9. The molecule has 2 aromatic carbocycles. The number of hydrogen-bond donors (Lipinski definition) is 1. The van der Waals surface area contributed by atoms with Crippen molar-refractivity contribution in [1.29, 1.82) is 0 Å². The first-order valence-corrected chi connectivity index (χ1v) is 9.43. The van der Waals surface area contributed by atoms with Crippen LogP contribution in [0.2, 0.25) is 0 Å². The molecule has 0 unspecified atom stereocenters. The zero-order valence-electron chi connectivity index (χ0n) is 15.1. The lowest BCUT2D eigenvalue weighted by Crippen LogP contribution is -2.14. The number of nitrogens with zero attached hydrogens (tertiary/aromatic N) is 4. The van der Waals surface area contributed by atoms with Crippen LogP contribution in [0.4, 0.5) is 15.8 Å². The number of halogens is 1. The highest BCUT2D eigenvalue weighted by Crippen LogP contribution is 2.25. The minimum atomic E-state index is -0.529. The van der Waals surface area contributed by atoms with Gasteiger partial charge in [0.25, 0.3) is 5.69 Å². The maximum atomic E-state index is 13.2. The molecule has 3 rings (SSSR count). The molecule has 148 valence electrons. The van der Waals surface area contributed by atoms with Crippen LogP contribution in [0.5, 0.6) is 0 Å². The lowest BCUT2D eigenvalue weighted by Gasteiger charge is -2.08. The topological polar surface area (TPSA) is 103 Å². The minimum absolute atomic E-state index is 0.0292. The fraction of sp³-hybridized carbons (Fsp3) is 0.105. The molecule has 1 aromatic heterocycles. The molecule has 0 fully saturated rings. The monoisotopic (exact) mass is 413 g/mol. The molecule has 0 saturated carbocycles. The predicted octanol–water partition coefficient (Wildman–Crippen LogP) is 3.91. The van der Waals surface area contributed by atoms with E-state index in [0.717, 1.165) is 0 Å². The number of benzene rings is 2. The third kappa shape index (κ3) is 5.05. The van der Waals surface area contributed by atoms with Crippen LogP contribution < -0.4 is 5.32 Å². The average molecular weight is 413 g/mol. The van der Waals surface area contributed by atoms with Crippen molar-refractivity contribution in [2.45, 2.75) is 11.7 Å². The maximum absolute atomic E-state index is 13.2. The molecule has 1 amide bonds. The molecule has 10 heteroatoms. The Kier molecular flexibility index (Phi) is 6.35. The Bertz CT molecular complexity index is 1050. The van der Waals surface area contributed by atoms with E-state index in [1.54, 1.807) is 28.8 Å². The second kappa shape index (κ2) is 9.11. The van der Waals surface area contributed by atoms with Crippen molar-refractivity contribution in [3.05, 3.63) is 77.1 Å². The number of nitrogens with one attached hydrogen (secondary N) is 1. The van der Waals surface area contributed by atoms with Crippen molar-refractivity contribution in [3.8, 4) is 11.4 Å². The number of nitro benzene ring substituents is 1. The van der Waals surface area contributed by atoms with Crippen molar-refractivity contribution >= 4 is 29.0 Å². The van der Waals surface area contributed by atoms with E-state index in [1.165, 1.54) is 42.1 Å². The van der Waals surface area contributed by atoms with Gasteiger partial charge in [-0.15, -0.1) is 16.8 Å².